The summed E-state index contributed by atoms with van der Waals surface area (Å²) in [4.78, 5) is 34.1. The Morgan fingerprint density at radius 3 is 2.17 bits per heavy atom. The van der Waals surface area contributed by atoms with Gasteiger partial charge < -0.3 is 15.7 Å². The summed E-state index contributed by atoms with van der Waals surface area (Å²) >= 11 is 0. The fourth-order valence-corrected chi connectivity index (χ4v) is 1.89. The quantitative estimate of drug-likeness (QED) is 0.743. The van der Waals surface area contributed by atoms with Gasteiger partial charge in [-0.2, -0.15) is 0 Å². The number of benzene rings is 1. The van der Waals surface area contributed by atoms with Crippen molar-refractivity contribution in [1.82, 2.24) is 10.6 Å². The van der Waals surface area contributed by atoms with Crippen LogP contribution in [0.15, 0.2) is 24.3 Å². The fraction of sp³-hybridized carbons (Fsp3) is 0.471. The highest BCUT2D eigenvalue weighted by atomic mass is 16.4. The van der Waals surface area contributed by atoms with Crippen LogP contribution in [-0.2, 0) is 15.0 Å². The van der Waals surface area contributed by atoms with Crippen molar-refractivity contribution >= 4 is 17.8 Å². The number of hydrogen-bond acceptors (Lipinski definition) is 3. The lowest BCUT2D eigenvalue weighted by Gasteiger charge is -2.19. The van der Waals surface area contributed by atoms with Gasteiger partial charge in [0.05, 0.1) is 0 Å². The lowest BCUT2D eigenvalue weighted by atomic mass is 9.87. The predicted octanol–water partition coefficient (Wildman–Crippen LogP) is 1.69. The second kappa shape index (κ2) is 7.76. The number of nitrogens with one attached hydrogen (secondary N) is 2. The molecule has 0 unspecified atom stereocenters. The molecule has 0 radical (unpaired) electrons. The van der Waals surface area contributed by atoms with Crippen molar-refractivity contribution in [2.24, 2.45) is 0 Å². The van der Waals surface area contributed by atoms with Crippen molar-refractivity contribution in [1.29, 1.82) is 0 Å². The molecule has 6 heteroatoms. The van der Waals surface area contributed by atoms with E-state index in [0.29, 0.717) is 5.56 Å². The zero-order valence-corrected chi connectivity index (χ0v) is 14.0. The molecular weight excluding hydrogens is 296 g/mol. The first-order chi connectivity index (χ1) is 10.6. The van der Waals surface area contributed by atoms with Gasteiger partial charge >= 0.3 is 5.97 Å². The Hall–Kier alpha value is -2.37. The number of hydrogen-bond donors (Lipinski definition) is 3. The highest BCUT2D eigenvalue weighted by Gasteiger charge is 2.15. The third-order valence-corrected chi connectivity index (χ3v) is 3.40. The summed E-state index contributed by atoms with van der Waals surface area (Å²) in [5.41, 5.74) is 1.68. The van der Waals surface area contributed by atoms with Gasteiger partial charge in [0.2, 0.25) is 5.91 Å². The summed E-state index contributed by atoms with van der Waals surface area (Å²) in [6.07, 6.45) is 0.0312. The molecule has 23 heavy (non-hydrogen) atoms. The summed E-state index contributed by atoms with van der Waals surface area (Å²) < 4.78 is 0. The molecule has 0 aliphatic rings. The molecular formula is C17H24N2O4. The lowest BCUT2D eigenvalue weighted by Crippen LogP contribution is -2.39. The van der Waals surface area contributed by atoms with Crippen LogP contribution in [0.3, 0.4) is 0 Å². The first-order valence-electron chi connectivity index (χ1n) is 7.52. The van der Waals surface area contributed by atoms with Crippen molar-refractivity contribution in [3.05, 3.63) is 35.4 Å². The molecule has 0 aliphatic heterocycles. The van der Waals surface area contributed by atoms with Crippen molar-refractivity contribution in [2.75, 3.05) is 6.54 Å². The molecule has 1 rings (SSSR count). The molecule has 1 aromatic rings. The minimum absolute atomic E-state index is 0.0218. The van der Waals surface area contributed by atoms with Crippen LogP contribution >= 0.6 is 0 Å². The topological polar surface area (TPSA) is 95.5 Å². The molecule has 0 saturated carbocycles. The van der Waals surface area contributed by atoms with E-state index in [1.807, 2.05) is 12.1 Å². The van der Waals surface area contributed by atoms with Crippen LogP contribution in [0.5, 0.6) is 0 Å². The normalized spacial score (nSPS) is 12.3. The van der Waals surface area contributed by atoms with Gasteiger partial charge in [-0.3, -0.25) is 14.4 Å². The maximum atomic E-state index is 12.0. The molecule has 0 aliphatic carbocycles. The Morgan fingerprint density at radius 2 is 1.70 bits per heavy atom. The third-order valence-electron chi connectivity index (χ3n) is 3.40. The lowest BCUT2D eigenvalue weighted by molar-refractivity contribution is -0.141. The number of carboxylic acids is 1. The number of amides is 2. The van der Waals surface area contributed by atoms with E-state index in [1.54, 1.807) is 12.1 Å². The Morgan fingerprint density at radius 1 is 1.13 bits per heavy atom. The van der Waals surface area contributed by atoms with E-state index >= 15 is 0 Å². The number of rotatable bonds is 6. The molecule has 0 bridgehead atoms. The van der Waals surface area contributed by atoms with Gasteiger partial charge in [0.15, 0.2) is 0 Å². The molecule has 0 fully saturated rings. The zero-order valence-electron chi connectivity index (χ0n) is 14.0. The van der Waals surface area contributed by atoms with Gasteiger partial charge in [-0.25, -0.2) is 0 Å². The van der Waals surface area contributed by atoms with Gasteiger partial charge in [0, 0.05) is 18.5 Å². The standard InChI is InChI=1S/C17H24N2O4/c1-11(16(22)23)19-14(20)9-10-18-15(21)12-5-7-13(8-6-12)17(2,3)4/h5-8,11H,9-10H2,1-4H3,(H,18,21)(H,19,20)(H,22,23)/t11-/m0/s1. The van der Waals surface area contributed by atoms with E-state index in [4.69, 9.17) is 5.11 Å². The zero-order chi connectivity index (χ0) is 17.6. The average molecular weight is 320 g/mol. The monoisotopic (exact) mass is 320 g/mol. The molecule has 6 nitrogen and oxygen atoms in total. The van der Waals surface area contributed by atoms with Crippen LogP contribution in [0.1, 0.15) is 50.0 Å². The minimum atomic E-state index is -1.10. The van der Waals surface area contributed by atoms with Gasteiger partial charge in [-0.15, -0.1) is 0 Å². The molecule has 3 N–H and O–H groups in total. The van der Waals surface area contributed by atoms with E-state index in [-0.39, 0.29) is 24.3 Å². The van der Waals surface area contributed by atoms with Crippen LogP contribution < -0.4 is 10.6 Å². The van der Waals surface area contributed by atoms with Gasteiger partial charge in [0.1, 0.15) is 6.04 Å². The minimum Gasteiger partial charge on any atom is -0.480 e. The molecule has 126 valence electrons. The average Bonchev–Trinajstić information content (AvgIpc) is 2.46. The Balaban J connectivity index is 2.45. The van der Waals surface area contributed by atoms with Crippen LogP contribution in [0.25, 0.3) is 0 Å². The van der Waals surface area contributed by atoms with Crippen molar-refractivity contribution in [3.63, 3.8) is 0 Å². The van der Waals surface area contributed by atoms with Gasteiger partial charge in [0.25, 0.3) is 5.91 Å². The SMILES string of the molecule is C[C@H](NC(=O)CCNC(=O)c1ccc(C(C)(C)C)cc1)C(=O)O. The molecule has 1 aromatic carbocycles. The van der Waals surface area contributed by atoms with Crippen LogP contribution in [0.4, 0.5) is 0 Å². The first-order valence-corrected chi connectivity index (χ1v) is 7.52. The van der Waals surface area contributed by atoms with E-state index in [1.165, 1.54) is 6.92 Å². The largest absolute Gasteiger partial charge is 0.480 e. The molecule has 2 amide bonds. The molecule has 1 atom stereocenters. The van der Waals surface area contributed by atoms with E-state index in [9.17, 15) is 14.4 Å². The second-order valence-electron chi connectivity index (χ2n) is 6.46. The van der Waals surface area contributed by atoms with Gasteiger partial charge in [-0.1, -0.05) is 32.9 Å². The Bertz CT molecular complexity index is 573. The summed E-state index contributed by atoms with van der Waals surface area (Å²) in [7, 11) is 0. The number of carbonyl (C=O) groups is 3. The van der Waals surface area contributed by atoms with Crippen LogP contribution in [0.2, 0.25) is 0 Å². The summed E-state index contributed by atoms with van der Waals surface area (Å²) in [6, 6.07) is 6.39. The van der Waals surface area contributed by atoms with Crippen molar-refractivity contribution in [3.8, 4) is 0 Å². The summed E-state index contributed by atoms with van der Waals surface area (Å²) in [5.74, 6) is -1.77. The van der Waals surface area contributed by atoms with Crippen LogP contribution in [0, 0.1) is 0 Å². The summed E-state index contributed by atoms with van der Waals surface area (Å²) in [5, 5.41) is 13.7. The molecule has 0 spiro atoms. The molecule has 0 aromatic heterocycles. The third kappa shape index (κ3) is 6.10. The molecule has 0 heterocycles. The summed E-state index contributed by atoms with van der Waals surface area (Å²) in [6.45, 7) is 7.82. The smallest absolute Gasteiger partial charge is 0.325 e. The number of aliphatic carboxylic acids is 1. The Labute approximate surface area is 136 Å². The number of carboxylic acid groups (broad SMARTS) is 1. The molecule has 0 saturated heterocycles. The first kappa shape index (κ1) is 18.7. The van der Waals surface area contributed by atoms with Gasteiger partial charge in [-0.05, 0) is 30.0 Å². The van der Waals surface area contributed by atoms with Crippen molar-refractivity contribution in [2.45, 2.75) is 45.6 Å². The van der Waals surface area contributed by atoms with E-state index < -0.39 is 17.9 Å². The Kier molecular flexibility index (Phi) is 6.30. The predicted molar refractivity (Wildman–Crippen MR) is 87.3 cm³/mol. The van der Waals surface area contributed by atoms with Crippen molar-refractivity contribution < 1.29 is 19.5 Å². The highest BCUT2D eigenvalue weighted by molar-refractivity contribution is 5.94. The second-order valence-corrected chi connectivity index (χ2v) is 6.46. The van der Waals surface area contributed by atoms with E-state index in [0.717, 1.165) is 5.56 Å². The maximum Gasteiger partial charge on any atom is 0.325 e. The maximum absolute atomic E-state index is 12.0. The number of carbonyl (C=O) groups excluding carboxylic acids is 2. The highest BCUT2D eigenvalue weighted by Crippen LogP contribution is 2.22. The van der Waals surface area contributed by atoms with Crippen LogP contribution in [-0.4, -0.2) is 35.5 Å². The van der Waals surface area contributed by atoms with E-state index in [2.05, 4.69) is 31.4 Å². The fourth-order valence-electron chi connectivity index (χ4n) is 1.89.